The van der Waals surface area contributed by atoms with E-state index in [1.165, 1.54) is 25.7 Å². The van der Waals surface area contributed by atoms with Gasteiger partial charge in [0.2, 0.25) is 0 Å². The average Bonchev–Trinajstić information content (AvgIpc) is 2.36. The van der Waals surface area contributed by atoms with E-state index < -0.39 is 18.0 Å². The van der Waals surface area contributed by atoms with Crippen molar-refractivity contribution in [2.75, 3.05) is 0 Å². The van der Waals surface area contributed by atoms with Gasteiger partial charge in [-0.05, 0) is 18.8 Å². The minimum atomic E-state index is -0.687. The first-order valence-corrected chi connectivity index (χ1v) is 7.97. The normalized spacial score (nSPS) is 12.4. The van der Waals surface area contributed by atoms with E-state index in [9.17, 15) is 9.59 Å². The molecule has 0 fully saturated rings. The Morgan fingerprint density at radius 1 is 1.00 bits per heavy atom. The number of esters is 2. The molecule has 0 saturated carbocycles. The van der Waals surface area contributed by atoms with E-state index in [4.69, 9.17) is 10.5 Å². The van der Waals surface area contributed by atoms with Crippen molar-refractivity contribution in [3.63, 3.8) is 0 Å². The molecule has 0 aromatic carbocycles. The Bertz CT molecular complexity index is 277. The van der Waals surface area contributed by atoms with Crippen LogP contribution in [0, 0.1) is 5.92 Å². The molecule has 20 heavy (non-hydrogen) atoms. The maximum absolute atomic E-state index is 11.5. The number of carbonyl (C=O) groups excluding carboxylic acids is 2. The molecular formula is C16H31NO3. The van der Waals surface area contributed by atoms with Crippen molar-refractivity contribution in [2.45, 2.75) is 84.6 Å². The fraction of sp³-hybridized carbons (Fsp3) is 0.875. The summed E-state index contributed by atoms with van der Waals surface area (Å²) in [5.74, 6) is -0.717. The van der Waals surface area contributed by atoms with E-state index in [2.05, 4.69) is 6.92 Å². The SMILES string of the molecule is CCCCCCCCCC(=O)OC(=O)[C@@H](N)CC(C)C. The standard InChI is InChI=1S/C16H31NO3/c1-4-5-6-7-8-9-10-11-15(18)20-16(19)14(17)12-13(2)3/h13-14H,4-12,17H2,1-3H3/t14-/m0/s1. The van der Waals surface area contributed by atoms with E-state index in [1.807, 2.05) is 13.8 Å². The summed E-state index contributed by atoms with van der Waals surface area (Å²) in [5, 5.41) is 0. The van der Waals surface area contributed by atoms with Gasteiger partial charge in [-0.2, -0.15) is 0 Å². The highest BCUT2D eigenvalue weighted by Crippen LogP contribution is 2.09. The van der Waals surface area contributed by atoms with Gasteiger partial charge < -0.3 is 10.5 Å². The molecule has 4 nitrogen and oxygen atoms in total. The van der Waals surface area contributed by atoms with Gasteiger partial charge in [-0.1, -0.05) is 59.3 Å². The lowest BCUT2D eigenvalue weighted by Gasteiger charge is -2.12. The highest BCUT2D eigenvalue weighted by molar-refractivity contribution is 5.88. The summed E-state index contributed by atoms with van der Waals surface area (Å²) in [4.78, 5) is 23.0. The topological polar surface area (TPSA) is 69.4 Å². The molecule has 1 atom stereocenters. The average molecular weight is 285 g/mol. The van der Waals surface area contributed by atoms with Crippen molar-refractivity contribution >= 4 is 11.9 Å². The molecule has 0 aromatic rings. The van der Waals surface area contributed by atoms with E-state index in [0.717, 1.165) is 19.3 Å². The largest absolute Gasteiger partial charge is 0.392 e. The third-order valence-electron chi connectivity index (χ3n) is 3.23. The molecule has 0 aliphatic rings. The molecule has 0 unspecified atom stereocenters. The van der Waals surface area contributed by atoms with Gasteiger partial charge >= 0.3 is 11.9 Å². The number of unbranched alkanes of at least 4 members (excludes halogenated alkanes) is 6. The molecule has 0 rings (SSSR count). The fourth-order valence-corrected chi connectivity index (χ4v) is 2.07. The Labute approximate surface area is 123 Å². The van der Waals surface area contributed by atoms with E-state index in [-0.39, 0.29) is 0 Å². The summed E-state index contributed by atoms with van der Waals surface area (Å²) >= 11 is 0. The molecule has 0 aliphatic carbocycles. The van der Waals surface area contributed by atoms with Crippen LogP contribution in [0.15, 0.2) is 0 Å². The number of carbonyl (C=O) groups is 2. The highest BCUT2D eigenvalue weighted by Gasteiger charge is 2.19. The summed E-state index contributed by atoms with van der Waals surface area (Å²) in [7, 11) is 0. The predicted molar refractivity (Wildman–Crippen MR) is 81.1 cm³/mol. The van der Waals surface area contributed by atoms with Crippen molar-refractivity contribution in [3.05, 3.63) is 0 Å². The molecular weight excluding hydrogens is 254 g/mol. The minimum absolute atomic E-state index is 0.313. The van der Waals surface area contributed by atoms with Crippen molar-refractivity contribution in [2.24, 2.45) is 11.7 Å². The third kappa shape index (κ3) is 11.0. The first kappa shape index (κ1) is 19.1. The molecule has 0 radical (unpaired) electrons. The van der Waals surface area contributed by atoms with E-state index in [1.54, 1.807) is 0 Å². The Morgan fingerprint density at radius 2 is 1.55 bits per heavy atom. The zero-order chi connectivity index (χ0) is 15.4. The van der Waals surface area contributed by atoms with Crippen molar-refractivity contribution < 1.29 is 14.3 Å². The molecule has 0 aromatic heterocycles. The van der Waals surface area contributed by atoms with Crippen LogP contribution in [0.2, 0.25) is 0 Å². The molecule has 0 spiro atoms. The minimum Gasteiger partial charge on any atom is -0.392 e. The van der Waals surface area contributed by atoms with Crippen LogP contribution in [0.4, 0.5) is 0 Å². The molecule has 0 aliphatic heterocycles. The van der Waals surface area contributed by atoms with Crippen LogP contribution < -0.4 is 5.73 Å². The summed E-state index contributed by atoms with van der Waals surface area (Å²) in [6.45, 7) is 6.15. The Hall–Kier alpha value is -0.900. The lowest BCUT2D eigenvalue weighted by molar-refractivity contribution is -0.160. The first-order valence-electron chi connectivity index (χ1n) is 7.97. The second-order valence-corrected chi connectivity index (χ2v) is 5.90. The van der Waals surface area contributed by atoms with Crippen LogP contribution in [0.1, 0.15) is 78.6 Å². The predicted octanol–water partition coefficient (Wildman–Crippen LogP) is 3.57. The molecule has 0 heterocycles. The zero-order valence-corrected chi connectivity index (χ0v) is 13.3. The second kappa shape index (κ2) is 11.9. The Kier molecular flexibility index (Phi) is 11.4. The maximum atomic E-state index is 11.5. The second-order valence-electron chi connectivity index (χ2n) is 5.90. The highest BCUT2D eigenvalue weighted by atomic mass is 16.6. The zero-order valence-electron chi connectivity index (χ0n) is 13.3. The van der Waals surface area contributed by atoms with E-state index >= 15 is 0 Å². The third-order valence-corrected chi connectivity index (χ3v) is 3.23. The Balaban J connectivity index is 3.60. The number of hydrogen-bond acceptors (Lipinski definition) is 4. The molecule has 118 valence electrons. The van der Waals surface area contributed by atoms with Gasteiger partial charge in [0.25, 0.3) is 0 Å². The van der Waals surface area contributed by atoms with Gasteiger partial charge in [0.1, 0.15) is 6.04 Å². The maximum Gasteiger partial charge on any atom is 0.330 e. The van der Waals surface area contributed by atoms with Gasteiger partial charge in [-0.25, -0.2) is 4.79 Å². The van der Waals surface area contributed by atoms with Gasteiger partial charge in [-0.3, -0.25) is 4.79 Å². The van der Waals surface area contributed by atoms with Gasteiger partial charge in [0, 0.05) is 6.42 Å². The van der Waals surface area contributed by atoms with Crippen LogP contribution in [0.5, 0.6) is 0 Å². The number of rotatable bonds is 11. The number of hydrogen-bond donors (Lipinski definition) is 1. The smallest absolute Gasteiger partial charge is 0.330 e. The lowest BCUT2D eigenvalue weighted by Crippen LogP contribution is -2.34. The first-order chi connectivity index (χ1) is 9.47. The summed E-state index contributed by atoms with van der Waals surface area (Å²) < 4.78 is 4.76. The van der Waals surface area contributed by atoms with Crippen LogP contribution in [0.25, 0.3) is 0 Å². The van der Waals surface area contributed by atoms with Gasteiger partial charge in [0.15, 0.2) is 0 Å². The van der Waals surface area contributed by atoms with E-state index in [0.29, 0.717) is 18.8 Å². The molecule has 0 bridgehead atoms. The fourth-order valence-electron chi connectivity index (χ4n) is 2.07. The van der Waals surface area contributed by atoms with Crippen LogP contribution in [-0.4, -0.2) is 18.0 Å². The molecule has 2 N–H and O–H groups in total. The van der Waals surface area contributed by atoms with Gasteiger partial charge in [-0.15, -0.1) is 0 Å². The van der Waals surface area contributed by atoms with Crippen molar-refractivity contribution in [1.82, 2.24) is 0 Å². The monoisotopic (exact) mass is 285 g/mol. The van der Waals surface area contributed by atoms with Crippen LogP contribution >= 0.6 is 0 Å². The van der Waals surface area contributed by atoms with Crippen molar-refractivity contribution in [1.29, 1.82) is 0 Å². The summed E-state index contributed by atoms with van der Waals surface area (Å²) in [6, 6.07) is -0.687. The number of nitrogens with two attached hydrogens (primary N) is 1. The van der Waals surface area contributed by atoms with Crippen LogP contribution in [0.3, 0.4) is 0 Å². The summed E-state index contributed by atoms with van der Waals surface area (Å²) in [5.41, 5.74) is 5.66. The van der Waals surface area contributed by atoms with Gasteiger partial charge in [0.05, 0.1) is 0 Å². The molecule has 0 saturated heterocycles. The number of ether oxygens (including phenoxy) is 1. The summed E-state index contributed by atoms with van der Waals surface area (Å²) in [6.07, 6.45) is 8.83. The lowest BCUT2D eigenvalue weighted by atomic mass is 10.1. The quantitative estimate of drug-likeness (QED) is 0.358. The van der Waals surface area contributed by atoms with Crippen molar-refractivity contribution in [3.8, 4) is 0 Å². The molecule has 4 heteroatoms. The molecule has 0 amide bonds. The van der Waals surface area contributed by atoms with Crippen LogP contribution in [-0.2, 0) is 14.3 Å². The Morgan fingerprint density at radius 3 is 2.10 bits per heavy atom.